The monoisotopic (exact) mass is 275 g/mol. The van der Waals surface area contributed by atoms with Gasteiger partial charge in [0, 0.05) is 32.1 Å². The highest BCUT2D eigenvalue weighted by molar-refractivity contribution is 5.30. The van der Waals surface area contributed by atoms with Crippen LogP contribution in [0.1, 0.15) is 12.7 Å². The van der Waals surface area contributed by atoms with Gasteiger partial charge in [-0.25, -0.2) is 8.78 Å². The highest BCUT2D eigenvalue weighted by Crippen LogP contribution is 2.10. The van der Waals surface area contributed by atoms with Gasteiger partial charge >= 0.3 is 0 Å². The van der Waals surface area contributed by atoms with Gasteiger partial charge in [-0.05, 0) is 6.92 Å². The van der Waals surface area contributed by atoms with Crippen LogP contribution in [0.25, 0.3) is 0 Å². The topological polar surface area (TPSA) is 66.1 Å². The Balaban J connectivity index is 1.78. The number of nitrogens with one attached hydrogen (secondary N) is 2. The maximum atomic E-state index is 11.9. The molecule has 2 rings (SSSR count). The molecule has 1 aliphatic heterocycles. The molecule has 0 bridgehead atoms. The normalized spacial score (nSPS) is 20.2. The quantitative estimate of drug-likeness (QED) is 0.737. The van der Waals surface area contributed by atoms with Crippen LogP contribution >= 0.6 is 0 Å². The van der Waals surface area contributed by atoms with Gasteiger partial charge in [0.05, 0.1) is 6.61 Å². The number of hydrogen-bond donors (Lipinski definition) is 2. The molecule has 0 radical (unpaired) electrons. The minimum Gasteiger partial charge on any atom is -0.375 e. The number of anilines is 1. The fraction of sp³-hybridized carbons (Fsp3) is 0.818. The zero-order valence-electron chi connectivity index (χ0n) is 10.9. The molecule has 0 amide bonds. The lowest BCUT2D eigenvalue weighted by molar-refractivity contribution is 0.0183. The van der Waals surface area contributed by atoms with Crippen LogP contribution in [-0.2, 0) is 11.2 Å². The molecule has 8 heteroatoms. The third kappa shape index (κ3) is 4.39. The predicted octanol–water partition coefficient (Wildman–Crippen LogP) is 0.427. The van der Waals surface area contributed by atoms with Gasteiger partial charge in [0.2, 0.25) is 5.95 Å². The number of rotatable bonds is 6. The van der Waals surface area contributed by atoms with E-state index in [0.29, 0.717) is 24.2 Å². The second-order valence-electron chi connectivity index (χ2n) is 4.60. The molecule has 1 fully saturated rings. The molecule has 2 N–H and O–H groups in total. The molecular weight excluding hydrogens is 256 g/mol. The fourth-order valence-corrected chi connectivity index (χ4v) is 1.99. The van der Waals surface area contributed by atoms with Crippen molar-refractivity contribution in [3.8, 4) is 0 Å². The van der Waals surface area contributed by atoms with E-state index in [-0.39, 0.29) is 6.61 Å². The van der Waals surface area contributed by atoms with Gasteiger partial charge in [0.1, 0.15) is 12.4 Å². The molecule has 1 aromatic rings. The van der Waals surface area contributed by atoms with Crippen LogP contribution in [0, 0.1) is 0 Å². The molecule has 19 heavy (non-hydrogen) atoms. The van der Waals surface area contributed by atoms with Crippen LogP contribution in [-0.4, -0.2) is 60.5 Å². The molecule has 1 aromatic heterocycles. The Morgan fingerprint density at radius 3 is 3.11 bits per heavy atom. The molecule has 108 valence electrons. The lowest BCUT2D eigenvalue weighted by Crippen LogP contribution is -2.49. The fourth-order valence-electron chi connectivity index (χ4n) is 1.99. The average molecular weight is 275 g/mol. The van der Waals surface area contributed by atoms with E-state index >= 15 is 0 Å². The molecule has 6 nitrogen and oxygen atoms in total. The molecule has 1 aliphatic rings. The van der Waals surface area contributed by atoms with Gasteiger partial charge < -0.3 is 15.0 Å². The van der Waals surface area contributed by atoms with Gasteiger partial charge in [-0.1, -0.05) is 0 Å². The van der Waals surface area contributed by atoms with Crippen LogP contribution in [0.3, 0.4) is 0 Å². The number of hydrogen-bond acceptors (Lipinski definition) is 5. The van der Waals surface area contributed by atoms with Crippen molar-refractivity contribution < 1.29 is 13.5 Å². The van der Waals surface area contributed by atoms with Gasteiger partial charge in [-0.2, -0.15) is 4.98 Å². The van der Waals surface area contributed by atoms with Crippen LogP contribution < -0.4 is 10.2 Å². The molecule has 0 spiro atoms. The first-order valence-electron chi connectivity index (χ1n) is 6.40. The Kier molecular flexibility index (Phi) is 5.03. The summed E-state index contributed by atoms with van der Waals surface area (Å²) in [5, 5.41) is 10.3. The van der Waals surface area contributed by atoms with E-state index in [1.807, 2.05) is 0 Å². The van der Waals surface area contributed by atoms with Crippen molar-refractivity contribution in [2.24, 2.45) is 0 Å². The van der Waals surface area contributed by atoms with Crippen LogP contribution in [0.4, 0.5) is 14.7 Å². The molecule has 0 unspecified atom stereocenters. The molecule has 0 saturated carbocycles. The lowest BCUT2D eigenvalue weighted by Gasteiger charge is -2.30. The summed E-state index contributed by atoms with van der Waals surface area (Å²) in [5.74, 6) is 1.33. The summed E-state index contributed by atoms with van der Waals surface area (Å²) in [4.78, 5) is 6.45. The lowest BCUT2D eigenvalue weighted by atomic mass is 10.2. The van der Waals surface area contributed by atoms with Crippen molar-refractivity contribution in [3.63, 3.8) is 0 Å². The predicted molar refractivity (Wildman–Crippen MR) is 66.6 cm³/mol. The summed E-state index contributed by atoms with van der Waals surface area (Å²) in [6.45, 7) is 4.43. The van der Waals surface area contributed by atoms with Crippen molar-refractivity contribution in [2.75, 3.05) is 37.7 Å². The zero-order valence-corrected chi connectivity index (χ0v) is 10.9. The van der Waals surface area contributed by atoms with Gasteiger partial charge in [0.15, 0.2) is 0 Å². The van der Waals surface area contributed by atoms with E-state index in [1.54, 1.807) is 0 Å². The van der Waals surface area contributed by atoms with Crippen molar-refractivity contribution in [1.82, 2.24) is 20.5 Å². The first-order valence-corrected chi connectivity index (χ1v) is 6.40. The number of ether oxygens (including phenoxy) is 1. The standard InChI is InChI=1S/C11H19F2N5O/c1-8-6-18(4-3-14-8)11-15-10(16-17-11)2-5-19-7-9(12)13/h8-9,14H,2-7H2,1H3,(H,15,16,17)/t8-/m1/s1. The first-order chi connectivity index (χ1) is 9.15. The van der Waals surface area contributed by atoms with Crippen molar-refractivity contribution in [1.29, 1.82) is 0 Å². The Bertz CT molecular complexity index is 387. The number of H-pyrrole nitrogens is 1. The van der Waals surface area contributed by atoms with E-state index in [0.717, 1.165) is 19.6 Å². The summed E-state index contributed by atoms with van der Waals surface area (Å²) in [6, 6.07) is 0.407. The minimum absolute atomic E-state index is 0.219. The third-order valence-electron chi connectivity index (χ3n) is 2.90. The molecular formula is C11H19F2N5O. The van der Waals surface area contributed by atoms with E-state index in [4.69, 9.17) is 4.74 Å². The first kappa shape index (κ1) is 14.1. The van der Waals surface area contributed by atoms with Gasteiger partial charge in [-0.15, -0.1) is 5.10 Å². The summed E-state index contributed by atoms with van der Waals surface area (Å²) >= 11 is 0. The van der Waals surface area contributed by atoms with Crippen molar-refractivity contribution in [2.45, 2.75) is 25.8 Å². The maximum Gasteiger partial charge on any atom is 0.261 e. The highest BCUT2D eigenvalue weighted by atomic mass is 19.3. The van der Waals surface area contributed by atoms with Crippen LogP contribution in [0.5, 0.6) is 0 Å². The summed E-state index contributed by atoms with van der Waals surface area (Å²) in [6.07, 6.45) is -1.96. The van der Waals surface area contributed by atoms with E-state index in [1.165, 1.54) is 0 Å². The number of aromatic nitrogens is 3. The number of halogens is 2. The smallest absolute Gasteiger partial charge is 0.261 e. The van der Waals surface area contributed by atoms with Crippen molar-refractivity contribution in [3.05, 3.63) is 5.82 Å². The second-order valence-corrected chi connectivity index (χ2v) is 4.60. The molecule has 2 heterocycles. The molecule has 1 atom stereocenters. The Hall–Kier alpha value is -1.28. The number of alkyl halides is 2. The van der Waals surface area contributed by atoms with Gasteiger partial charge in [0.25, 0.3) is 6.43 Å². The summed E-state index contributed by atoms with van der Waals surface area (Å²) < 4.78 is 28.6. The maximum absolute atomic E-state index is 11.9. The number of piperazine rings is 1. The second kappa shape index (κ2) is 6.76. The Morgan fingerprint density at radius 1 is 1.53 bits per heavy atom. The van der Waals surface area contributed by atoms with E-state index < -0.39 is 13.0 Å². The van der Waals surface area contributed by atoms with Crippen LogP contribution in [0.2, 0.25) is 0 Å². The van der Waals surface area contributed by atoms with Gasteiger partial charge in [-0.3, -0.25) is 5.10 Å². The van der Waals surface area contributed by atoms with E-state index in [2.05, 4.69) is 32.3 Å². The Labute approximate surface area is 110 Å². The number of aromatic amines is 1. The highest BCUT2D eigenvalue weighted by Gasteiger charge is 2.19. The Morgan fingerprint density at radius 2 is 2.37 bits per heavy atom. The average Bonchev–Trinajstić information content (AvgIpc) is 2.83. The SMILES string of the molecule is C[C@@H]1CN(c2n[nH]c(CCOCC(F)F)n2)CCN1. The number of nitrogens with zero attached hydrogens (tertiary/aromatic N) is 3. The molecule has 1 saturated heterocycles. The third-order valence-corrected chi connectivity index (χ3v) is 2.90. The van der Waals surface area contributed by atoms with E-state index in [9.17, 15) is 8.78 Å². The molecule has 0 aromatic carbocycles. The summed E-state index contributed by atoms with van der Waals surface area (Å²) in [7, 11) is 0. The zero-order chi connectivity index (χ0) is 13.7. The minimum atomic E-state index is -2.42. The summed E-state index contributed by atoms with van der Waals surface area (Å²) in [5.41, 5.74) is 0. The largest absolute Gasteiger partial charge is 0.375 e. The van der Waals surface area contributed by atoms with Crippen molar-refractivity contribution >= 4 is 5.95 Å². The molecule has 0 aliphatic carbocycles. The van der Waals surface area contributed by atoms with Crippen LogP contribution in [0.15, 0.2) is 0 Å².